The van der Waals surface area contributed by atoms with E-state index >= 15 is 0 Å². The van der Waals surface area contributed by atoms with E-state index in [1.54, 1.807) is 12.3 Å². The van der Waals surface area contributed by atoms with Gasteiger partial charge in [0.15, 0.2) is 5.78 Å². The Balaban J connectivity index is 1.88. The molecular weight excluding hydrogens is 294 g/mol. The van der Waals surface area contributed by atoms with Crippen LogP contribution < -0.4 is 5.32 Å². The van der Waals surface area contributed by atoms with Crippen molar-refractivity contribution in [2.75, 3.05) is 11.2 Å². The summed E-state index contributed by atoms with van der Waals surface area (Å²) in [7, 11) is 0. The van der Waals surface area contributed by atoms with Crippen LogP contribution in [0.15, 0.2) is 29.0 Å². The van der Waals surface area contributed by atoms with Crippen molar-refractivity contribution in [1.82, 2.24) is 9.97 Å². The van der Waals surface area contributed by atoms with Crippen LogP contribution in [0.2, 0.25) is 0 Å². The SMILES string of the molecule is O=C(CCl)Nc1ncc2c(n1)C[C@@H](c1ccco1)CC2=O. The lowest BCUT2D eigenvalue weighted by Crippen LogP contribution is -2.22. The van der Waals surface area contributed by atoms with Crippen LogP contribution in [0.25, 0.3) is 0 Å². The third-order valence-electron chi connectivity index (χ3n) is 3.36. The zero-order valence-electron chi connectivity index (χ0n) is 11.0. The molecule has 108 valence electrons. The van der Waals surface area contributed by atoms with Gasteiger partial charge < -0.3 is 4.42 Å². The van der Waals surface area contributed by atoms with Crippen molar-refractivity contribution < 1.29 is 14.0 Å². The largest absolute Gasteiger partial charge is 0.469 e. The molecule has 2 aromatic heterocycles. The normalized spacial score (nSPS) is 17.4. The summed E-state index contributed by atoms with van der Waals surface area (Å²) < 4.78 is 5.37. The monoisotopic (exact) mass is 305 g/mol. The van der Waals surface area contributed by atoms with Gasteiger partial charge in [-0.15, -0.1) is 11.6 Å². The predicted octanol–water partition coefficient (Wildman–Crippen LogP) is 2.16. The zero-order chi connectivity index (χ0) is 14.8. The van der Waals surface area contributed by atoms with Gasteiger partial charge in [0.2, 0.25) is 11.9 Å². The van der Waals surface area contributed by atoms with Crippen LogP contribution in [-0.4, -0.2) is 27.5 Å². The lowest BCUT2D eigenvalue weighted by molar-refractivity contribution is -0.114. The highest BCUT2D eigenvalue weighted by Crippen LogP contribution is 2.32. The van der Waals surface area contributed by atoms with E-state index in [1.807, 2.05) is 6.07 Å². The Kier molecular flexibility index (Phi) is 3.70. The number of halogens is 1. The molecule has 0 saturated carbocycles. The molecule has 0 unspecified atom stereocenters. The van der Waals surface area contributed by atoms with Crippen LogP contribution in [0, 0.1) is 0 Å². The second-order valence-electron chi connectivity index (χ2n) is 4.78. The number of carbonyl (C=O) groups excluding carboxylic acids is 2. The van der Waals surface area contributed by atoms with Crippen LogP contribution in [0.4, 0.5) is 5.95 Å². The van der Waals surface area contributed by atoms with E-state index in [4.69, 9.17) is 16.0 Å². The first kappa shape index (κ1) is 13.8. The fourth-order valence-corrected chi connectivity index (χ4v) is 2.45. The van der Waals surface area contributed by atoms with Gasteiger partial charge in [-0.1, -0.05) is 0 Å². The molecule has 0 saturated heterocycles. The number of Topliss-reactive ketones (excluding diaryl/α,β-unsaturated/α-hetero) is 1. The number of alkyl halides is 1. The minimum Gasteiger partial charge on any atom is -0.469 e. The number of amides is 1. The molecule has 0 radical (unpaired) electrons. The summed E-state index contributed by atoms with van der Waals surface area (Å²) in [5.74, 6) is 0.306. The summed E-state index contributed by atoms with van der Waals surface area (Å²) in [6.45, 7) is 0. The number of furan rings is 1. The number of hydrogen-bond donors (Lipinski definition) is 1. The summed E-state index contributed by atoms with van der Waals surface area (Å²) in [6.07, 6.45) is 3.98. The molecule has 1 aliphatic carbocycles. The van der Waals surface area contributed by atoms with Gasteiger partial charge in [0.05, 0.1) is 17.5 Å². The molecule has 1 aliphatic rings. The number of hydrogen-bond acceptors (Lipinski definition) is 5. The van der Waals surface area contributed by atoms with E-state index < -0.39 is 0 Å². The Bertz CT molecular complexity index is 685. The van der Waals surface area contributed by atoms with Crippen molar-refractivity contribution in [2.24, 2.45) is 0 Å². The van der Waals surface area contributed by atoms with Crippen LogP contribution in [-0.2, 0) is 11.2 Å². The molecule has 21 heavy (non-hydrogen) atoms. The van der Waals surface area contributed by atoms with Crippen molar-refractivity contribution in [3.05, 3.63) is 41.6 Å². The van der Waals surface area contributed by atoms with Gasteiger partial charge in [-0.05, 0) is 12.1 Å². The van der Waals surface area contributed by atoms with Gasteiger partial charge in [0, 0.05) is 25.0 Å². The Labute approximate surface area is 125 Å². The first-order chi connectivity index (χ1) is 10.2. The Morgan fingerprint density at radius 2 is 2.33 bits per heavy atom. The Morgan fingerprint density at radius 3 is 3.05 bits per heavy atom. The molecule has 2 aromatic rings. The third-order valence-corrected chi connectivity index (χ3v) is 3.60. The van der Waals surface area contributed by atoms with E-state index in [1.165, 1.54) is 6.20 Å². The van der Waals surface area contributed by atoms with Crippen molar-refractivity contribution in [3.63, 3.8) is 0 Å². The molecule has 1 N–H and O–H groups in total. The molecule has 6 nitrogen and oxygen atoms in total. The highest BCUT2D eigenvalue weighted by Gasteiger charge is 2.29. The lowest BCUT2D eigenvalue weighted by Gasteiger charge is -2.21. The highest BCUT2D eigenvalue weighted by molar-refractivity contribution is 6.28. The number of nitrogens with zero attached hydrogens (tertiary/aromatic N) is 2. The second-order valence-corrected chi connectivity index (χ2v) is 5.05. The van der Waals surface area contributed by atoms with Gasteiger partial charge in [-0.25, -0.2) is 9.97 Å². The quantitative estimate of drug-likeness (QED) is 0.878. The summed E-state index contributed by atoms with van der Waals surface area (Å²) in [6, 6.07) is 3.64. The summed E-state index contributed by atoms with van der Waals surface area (Å²) in [5.41, 5.74) is 1.12. The summed E-state index contributed by atoms with van der Waals surface area (Å²) in [5, 5.41) is 2.48. The molecule has 3 rings (SSSR count). The maximum atomic E-state index is 12.2. The summed E-state index contributed by atoms with van der Waals surface area (Å²) >= 11 is 5.43. The molecule has 2 heterocycles. The number of aromatic nitrogens is 2. The number of fused-ring (bicyclic) bond motifs is 1. The van der Waals surface area contributed by atoms with Gasteiger partial charge in [0.1, 0.15) is 11.6 Å². The van der Waals surface area contributed by atoms with Crippen molar-refractivity contribution in [1.29, 1.82) is 0 Å². The first-order valence-electron chi connectivity index (χ1n) is 6.45. The van der Waals surface area contributed by atoms with Crippen LogP contribution in [0.5, 0.6) is 0 Å². The minimum absolute atomic E-state index is 0.0205. The molecule has 0 fully saturated rings. The van der Waals surface area contributed by atoms with Gasteiger partial charge >= 0.3 is 0 Å². The van der Waals surface area contributed by atoms with Gasteiger partial charge in [0.25, 0.3) is 0 Å². The van der Waals surface area contributed by atoms with Crippen molar-refractivity contribution in [3.8, 4) is 0 Å². The van der Waals surface area contributed by atoms with Gasteiger partial charge in [-0.3, -0.25) is 14.9 Å². The Morgan fingerprint density at radius 1 is 1.48 bits per heavy atom. The molecule has 0 aliphatic heterocycles. The number of anilines is 1. The van der Waals surface area contributed by atoms with E-state index in [-0.39, 0.29) is 29.4 Å². The standard InChI is InChI=1S/C14H12ClN3O3/c15-6-13(20)18-14-16-7-9-10(17-14)4-8(5-11(9)19)12-2-1-3-21-12/h1-3,7-8H,4-6H2,(H,16,17,18,20)/t8-/m1/s1. The topological polar surface area (TPSA) is 85.1 Å². The molecule has 0 bridgehead atoms. The van der Waals surface area contributed by atoms with Crippen molar-refractivity contribution in [2.45, 2.75) is 18.8 Å². The molecule has 0 aromatic carbocycles. The fourth-order valence-electron chi connectivity index (χ4n) is 2.39. The zero-order valence-corrected chi connectivity index (χ0v) is 11.8. The van der Waals surface area contributed by atoms with E-state index in [0.717, 1.165) is 5.76 Å². The maximum absolute atomic E-state index is 12.2. The number of nitrogens with one attached hydrogen (secondary N) is 1. The highest BCUT2D eigenvalue weighted by atomic mass is 35.5. The maximum Gasteiger partial charge on any atom is 0.241 e. The predicted molar refractivity (Wildman–Crippen MR) is 75.5 cm³/mol. The van der Waals surface area contributed by atoms with E-state index in [0.29, 0.717) is 24.1 Å². The molecular formula is C14H12ClN3O3. The van der Waals surface area contributed by atoms with Crippen molar-refractivity contribution >= 4 is 29.2 Å². The molecule has 7 heteroatoms. The average molecular weight is 306 g/mol. The minimum atomic E-state index is -0.388. The fraction of sp³-hybridized carbons (Fsp3) is 0.286. The van der Waals surface area contributed by atoms with Gasteiger partial charge in [-0.2, -0.15) is 0 Å². The van der Waals surface area contributed by atoms with Crippen LogP contribution in [0.1, 0.15) is 34.2 Å². The second kappa shape index (κ2) is 5.65. The van der Waals surface area contributed by atoms with E-state index in [2.05, 4.69) is 15.3 Å². The number of rotatable bonds is 3. The molecule has 1 amide bonds. The average Bonchev–Trinajstić information content (AvgIpc) is 3.01. The third kappa shape index (κ3) is 2.80. The van der Waals surface area contributed by atoms with Crippen LogP contribution in [0.3, 0.4) is 0 Å². The molecule has 1 atom stereocenters. The lowest BCUT2D eigenvalue weighted by atomic mass is 9.85. The number of carbonyl (C=O) groups is 2. The Hall–Kier alpha value is -2.21. The molecule has 0 spiro atoms. The van der Waals surface area contributed by atoms with Crippen LogP contribution >= 0.6 is 11.6 Å². The first-order valence-corrected chi connectivity index (χ1v) is 6.99. The number of ketones is 1. The van der Waals surface area contributed by atoms with E-state index in [9.17, 15) is 9.59 Å². The smallest absolute Gasteiger partial charge is 0.241 e. The summed E-state index contributed by atoms with van der Waals surface area (Å²) in [4.78, 5) is 31.6.